The van der Waals surface area contributed by atoms with Gasteiger partial charge < -0.3 is 14.7 Å². The maximum Gasteiger partial charge on any atom is 0.338 e. The van der Waals surface area contributed by atoms with Crippen LogP contribution in [0.5, 0.6) is 0 Å². The Morgan fingerprint density at radius 2 is 1.71 bits per heavy atom. The van der Waals surface area contributed by atoms with Crippen LogP contribution in [0.4, 0.5) is 5.69 Å². The Labute approximate surface area is 141 Å². The van der Waals surface area contributed by atoms with Gasteiger partial charge in [-0.1, -0.05) is 30.3 Å². The van der Waals surface area contributed by atoms with Crippen molar-refractivity contribution in [2.24, 2.45) is 0 Å². The Morgan fingerprint density at radius 1 is 1.08 bits per heavy atom. The molecule has 0 fully saturated rings. The molecule has 2 aromatic carbocycles. The first-order valence-electron chi connectivity index (χ1n) is 7.84. The molecule has 126 valence electrons. The van der Waals surface area contributed by atoms with Crippen LogP contribution < -0.4 is 4.90 Å². The van der Waals surface area contributed by atoms with Crippen molar-refractivity contribution in [3.05, 3.63) is 65.7 Å². The summed E-state index contributed by atoms with van der Waals surface area (Å²) >= 11 is 0. The predicted molar refractivity (Wildman–Crippen MR) is 91.7 cm³/mol. The molecule has 0 saturated heterocycles. The molecule has 0 heterocycles. The summed E-state index contributed by atoms with van der Waals surface area (Å²) in [6.45, 7) is 3.82. The van der Waals surface area contributed by atoms with Crippen molar-refractivity contribution >= 4 is 17.6 Å². The second kappa shape index (κ2) is 8.26. The fourth-order valence-corrected chi connectivity index (χ4v) is 2.32. The van der Waals surface area contributed by atoms with E-state index < -0.39 is 12.1 Å². The lowest BCUT2D eigenvalue weighted by molar-refractivity contribution is -0.126. The van der Waals surface area contributed by atoms with Crippen LogP contribution in [0.1, 0.15) is 29.8 Å². The fourth-order valence-electron chi connectivity index (χ4n) is 2.32. The maximum absolute atomic E-state index is 12.6. The Balaban J connectivity index is 2.05. The highest BCUT2D eigenvalue weighted by Gasteiger charge is 2.24. The number of carbonyl (C=O) groups excluding carboxylic acids is 2. The zero-order valence-corrected chi connectivity index (χ0v) is 13.8. The minimum absolute atomic E-state index is 0.0905. The molecule has 0 spiro atoms. The van der Waals surface area contributed by atoms with Crippen LogP contribution in [0, 0.1) is 0 Å². The van der Waals surface area contributed by atoms with E-state index >= 15 is 0 Å². The molecule has 24 heavy (non-hydrogen) atoms. The number of likely N-dealkylation sites (N-methyl/N-ethyl adjacent to an activating group) is 1. The summed E-state index contributed by atoms with van der Waals surface area (Å²) in [4.78, 5) is 26.3. The van der Waals surface area contributed by atoms with Crippen molar-refractivity contribution in [1.82, 2.24) is 0 Å². The molecule has 1 amide bonds. The van der Waals surface area contributed by atoms with E-state index in [1.807, 2.05) is 37.3 Å². The number of nitrogens with zero attached hydrogens (tertiary/aromatic N) is 1. The molecule has 2 aromatic rings. The summed E-state index contributed by atoms with van der Waals surface area (Å²) in [5.41, 5.74) is 1.81. The topological polar surface area (TPSA) is 66.8 Å². The highest BCUT2D eigenvalue weighted by Crippen LogP contribution is 2.16. The number of aliphatic hydroxyl groups is 1. The van der Waals surface area contributed by atoms with E-state index in [0.717, 1.165) is 5.69 Å². The predicted octanol–water partition coefficient (Wildman–Crippen LogP) is 2.78. The SMILES string of the molecule is CCN(C(=O)[C@@H](C)OC(=O)c1ccc(CO)cc1)c1ccccc1. The van der Waals surface area contributed by atoms with Crippen molar-refractivity contribution in [3.8, 4) is 0 Å². The van der Waals surface area contributed by atoms with Gasteiger partial charge in [0.2, 0.25) is 0 Å². The zero-order chi connectivity index (χ0) is 17.5. The van der Waals surface area contributed by atoms with Crippen LogP contribution in [0.15, 0.2) is 54.6 Å². The number of esters is 1. The standard InChI is InChI=1S/C19H21NO4/c1-3-20(17-7-5-4-6-8-17)18(22)14(2)24-19(23)16-11-9-15(13-21)10-12-16/h4-12,14,21H,3,13H2,1-2H3/t14-/m1/s1. The normalized spacial score (nSPS) is 11.6. The van der Waals surface area contributed by atoms with Crippen LogP contribution in [0.3, 0.4) is 0 Å². The smallest absolute Gasteiger partial charge is 0.338 e. The van der Waals surface area contributed by atoms with Gasteiger partial charge in [-0.2, -0.15) is 0 Å². The molecular weight excluding hydrogens is 306 g/mol. The third-order valence-electron chi connectivity index (χ3n) is 3.65. The van der Waals surface area contributed by atoms with Gasteiger partial charge in [0.25, 0.3) is 5.91 Å². The summed E-state index contributed by atoms with van der Waals surface area (Å²) in [7, 11) is 0. The van der Waals surface area contributed by atoms with E-state index in [1.54, 1.807) is 36.1 Å². The number of carbonyl (C=O) groups is 2. The largest absolute Gasteiger partial charge is 0.449 e. The van der Waals surface area contributed by atoms with Gasteiger partial charge in [0, 0.05) is 12.2 Å². The Hall–Kier alpha value is -2.66. The first-order valence-corrected chi connectivity index (χ1v) is 7.84. The van der Waals surface area contributed by atoms with Crippen molar-refractivity contribution in [2.75, 3.05) is 11.4 Å². The van der Waals surface area contributed by atoms with Gasteiger partial charge in [-0.25, -0.2) is 4.79 Å². The highest BCUT2D eigenvalue weighted by molar-refractivity contribution is 5.98. The van der Waals surface area contributed by atoms with Gasteiger partial charge in [-0.05, 0) is 43.7 Å². The number of para-hydroxylation sites is 1. The summed E-state index contributed by atoms with van der Waals surface area (Å²) < 4.78 is 5.28. The van der Waals surface area contributed by atoms with E-state index in [2.05, 4.69) is 0 Å². The van der Waals surface area contributed by atoms with Crippen LogP contribution >= 0.6 is 0 Å². The highest BCUT2D eigenvalue weighted by atomic mass is 16.5. The molecule has 0 radical (unpaired) electrons. The van der Waals surface area contributed by atoms with E-state index in [-0.39, 0.29) is 12.5 Å². The number of hydrogen-bond acceptors (Lipinski definition) is 4. The van der Waals surface area contributed by atoms with Gasteiger partial charge in [-0.3, -0.25) is 4.79 Å². The molecule has 5 heteroatoms. The molecule has 2 rings (SSSR count). The minimum atomic E-state index is -0.893. The monoisotopic (exact) mass is 327 g/mol. The van der Waals surface area contributed by atoms with Crippen molar-refractivity contribution in [3.63, 3.8) is 0 Å². The second-order valence-electron chi connectivity index (χ2n) is 5.32. The van der Waals surface area contributed by atoms with Crippen LogP contribution in [-0.2, 0) is 16.1 Å². The van der Waals surface area contributed by atoms with E-state index in [0.29, 0.717) is 17.7 Å². The summed E-state index contributed by atoms with van der Waals surface area (Å²) in [5.74, 6) is -0.839. The molecule has 0 aliphatic rings. The number of rotatable bonds is 6. The molecule has 5 nitrogen and oxygen atoms in total. The molecule has 0 aliphatic carbocycles. The Morgan fingerprint density at radius 3 is 2.25 bits per heavy atom. The lowest BCUT2D eigenvalue weighted by Gasteiger charge is -2.24. The molecule has 1 atom stereocenters. The van der Waals surface area contributed by atoms with Gasteiger partial charge in [0.1, 0.15) is 0 Å². The number of hydrogen-bond donors (Lipinski definition) is 1. The van der Waals surface area contributed by atoms with Crippen LogP contribution in [0.25, 0.3) is 0 Å². The van der Waals surface area contributed by atoms with Crippen LogP contribution in [0.2, 0.25) is 0 Å². The third kappa shape index (κ3) is 4.20. The van der Waals surface area contributed by atoms with E-state index in [9.17, 15) is 9.59 Å². The molecule has 1 N–H and O–H groups in total. The molecule has 0 bridgehead atoms. The zero-order valence-electron chi connectivity index (χ0n) is 13.8. The molecule has 0 aliphatic heterocycles. The van der Waals surface area contributed by atoms with E-state index in [4.69, 9.17) is 9.84 Å². The van der Waals surface area contributed by atoms with E-state index in [1.165, 1.54) is 0 Å². The number of ether oxygens (including phenoxy) is 1. The third-order valence-corrected chi connectivity index (χ3v) is 3.65. The van der Waals surface area contributed by atoms with Gasteiger partial charge in [-0.15, -0.1) is 0 Å². The summed E-state index contributed by atoms with van der Waals surface area (Å²) in [6, 6.07) is 15.7. The Kier molecular flexibility index (Phi) is 6.09. The average molecular weight is 327 g/mol. The maximum atomic E-state index is 12.6. The first kappa shape index (κ1) is 17.7. The van der Waals surface area contributed by atoms with Crippen molar-refractivity contribution in [2.45, 2.75) is 26.6 Å². The number of benzene rings is 2. The van der Waals surface area contributed by atoms with Gasteiger partial charge in [0.15, 0.2) is 6.10 Å². The molecule has 0 aromatic heterocycles. The lowest BCUT2D eigenvalue weighted by atomic mass is 10.1. The molecular formula is C19H21NO4. The average Bonchev–Trinajstić information content (AvgIpc) is 2.63. The molecule has 0 saturated carbocycles. The Bertz CT molecular complexity index is 682. The van der Waals surface area contributed by atoms with Crippen molar-refractivity contribution in [1.29, 1.82) is 0 Å². The minimum Gasteiger partial charge on any atom is -0.449 e. The molecule has 0 unspecified atom stereocenters. The lowest BCUT2D eigenvalue weighted by Crippen LogP contribution is -2.40. The van der Waals surface area contributed by atoms with Gasteiger partial charge >= 0.3 is 5.97 Å². The van der Waals surface area contributed by atoms with Gasteiger partial charge in [0.05, 0.1) is 12.2 Å². The number of amides is 1. The fraction of sp³-hybridized carbons (Fsp3) is 0.263. The second-order valence-corrected chi connectivity index (χ2v) is 5.32. The number of anilines is 1. The summed E-state index contributed by atoms with van der Waals surface area (Å²) in [6.07, 6.45) is -0.893. The first-order chi connectivity index (χ1) is 11.6. The van der Waals surface area contributed by atoms with Crippen LogP contribution in [-0.4, -0.2) is 29.6 Å². The quantitative estimate of drug-likeness (QED) is 0.829. The number of aliphatic hydroxyl groups excluding tert-OH is 1. The summed E-state index contributed by atoms with van der Waals surface area (Å²) in [5, 5.41) is 9.02. The van der Waals surface area contributed by atoms with Crippen molar-refractivity contribution < 1.29 is 19.4 Å².